The maximum atomic E-state index is 14.2. The number of halogens is 1. The summed E-state index contributed by atoms with van der Waals surface area (Å²) in [5.41, 5.74) is -0.506. The minimum atomic E-state index is -1.24. The summed E-state index contributed by atoms with van der Waals surface area (Å²) < 4.78 is 20.2. The van der Waals surface area contributed by atoms with Crippen LogP contribution in [-0.2, 0) is 11.3 Å². The lowest BCUT2D eigenvalue weighted by atomic mass is 9.98. The molecule has 1 saturated heterocycles. The molecule has 116 valence electrons. The van der Waals surface area contributed by atoms with Gasteiger partial charge in [0.15, 0.2) is 0 Å². The lowest BCUT2D eigenvalue weighted by Gasteiger charge is -2.47. The molecule has 0 unspecified atom stereocenters. The minimum Gasteiger partial charge on any atom is -0.478 e. The summed E-state index contributed by atoms with van der Waals surface area (Å²) >= 11 is 0. The molecule has 0 radical (unpaired) electrons. The molecule has 0 amide bonds. The molecular formula is C16H22FNO3. The second-order valence-electron chi connectivity index (χ2n) is 6.85. The van der Waals surface area contributed by atoms with Crippen LogP contribution in [0.4, 0.5) is 4.39 Å². The Morgan fingerprint density at radius 2 is 1.86 bits per heavy atom. The number of rotatable bonds is 3. The fourth-order valence-corrected chi connectivity index (χ4v) is 3.17. The fraction of sp³-hybridized carbons (Fsp3) is 0.562. The van der Waals surface area contributed by atoms with Crippen molar-refractivity contribution in [1.82, 2.24) is 4.90 Å². The van der Waals surface area contributed by atoms with Crippen molar-refractivity contribution in [2.75, 3.05) is 13.1 Å². The van der Waals surface area contributed by atoms with E-state index in [9.17, 15) is 9.18 Å². The molecular weight excluding hydrogens is 273 g/mol. The molecule has 1 fully saturated rings. The number of ether oxygens (including phenoxy) is 1. The van der Waals surface area contributed by atoms with E-state index in [1.165, 1.54) is 6.07 Å². The summed E-state index contributed by atoms with van der Waals surface area (Å²) in [5.74, 6) is -1.89. The van der Waals surface area contributed by atoms with Gasteiger partial charge in [0.05, 0.1) is 16.8 Å². The van der Waals surface area contributed by atoms with Crippen LogP contribution in [0.25, 0.3) is 0 Å². The molecule has 1 N–H and O–H groups in total. The van der Waals surface area contributed by atoms with Gasteiger partial charge in [0, 0.05) is 25.2 Å². The highest BCUT2D eigenvalue weighted by molar-refractivity contribution is 5.88. The Bertz CT molecular complexity index is 538. The van der Waals surface area contributed by atoms with Crippen LogP contribution >= 0.6 is 0 Å². The number of morpholine rings is 1. The molecule has 0 aliphatic carbocycles. The van der Waals surface area contributed by atoms with Crippen molar-refractivity contribution >= 4 is 5.97 Å². The lowest BCUT2D eigenvalue weighted by Crippen LogP contribution is -2.56. The van der Waals surface area contributed by atoms with Gasteiger partial charge in [-0.25, -0.2) is 9.18 Å². The van der Waals surface area contributed by atoms with E-state index < -0.39 is 11.8 Å². The summed E-state index contributed by atoms with van der Waals surface area (Å²) in [6, 6.07) is 4.50. The van der Waals surface area contributed by atoms with Gasteiger partial charge in [-0.3, -0.25) is 4.90 Å². The molecule has 0 atom stereocenters. The number of nitrogens with zero attached hydrogens (tertiary/aromatic N) is 1. The maximum Gasteiger partial charge on any atom is 0.338 e. The van der Waals surface area contributed by atoms with Gasteiger partial charge < -0.3 is 9.84 Å². The van der Waals surface area contributed by atoms with E-state index in [-0.39, 0.29) is 16.8 Å². The van der Waals surface area contributed by atoms with Gasteiger partial charge in [0.25, 0.3) is 0 Å². The van der Waals surface area contributed by atoms with E-state index in [1.54, 1.807) is 12.1 Å². The number of carboxylic acid groups (broad SMARTS) is 1. The molecule has 1 aliphatic heterocycles. The number of aromatic carboxylic acids is 1. The van der Waals surface area contributed by atoms with Crippen LogP contribution in [0.15, 0.2) is 18.2 Å². The number of benzene rings is 1. The second kappa shape index (κ2) is 5.39. The predicted octanol–water partition coefficient (Wildman–Crippen LogP) is 2.91. The Hall–Kier alpha value is -1.46. The average molecular weight is 295 g/mol. The van der Waals surface area contributed by atoms with Crippen molar-refractivity contribution in [1.29, 1.82) is 0 Å². The predicted molar refractivity (Wildman–Crippen MR) is 77.9 cm³/mol. The zero-order valence-electron chi connectivity index (χ0n) is 12.9. The molecule has 1 heterocycles. The van der Waals surface area contributed by atoms with Gasteiger partial charge in [-0.2, -0.15) is 0 Å². The summed E-state index contributed by atoms with van der Waals surface area (Å²) in [6.45, 7) is 9.75. The van der Waals surface area contributed by atoms with Crippen molar-refractivity contribution in [3.8, 4) is 0 Å². The van der Waals surface area contributed by atoms with Crippen molar-refractivity contribution < 1.29 is 19.0 Å². The van der Waals surface area contributed by atoms with Crippen LogP contribution in [-0.4, -0.2) is 40.3 Å². The summed E-state index contributed by atoms with van der Waals surface area (Å²) in [7, 11) is 0. The van der Waals surface area contributed by atoms with Crippen LogP contribution in [0.1, 0.15) is 43.6 Å². The SMILES string of the molecule is CC1(C)CN(Cc2cccc(C(=O)O)c2F)CC(C)(C)O1. The first-order valence-corrected chi connectivity index (χ1v) is 7.03. The van der Waals surface area contributed by atoms with Gasteiger partial charge in [0.1, 0.15) is 5.82 Å². The molecule has 1 aliphatic rings. The highest BCUT2D eigenvalue weighted by atomic mass is 19.1. The van der Waals surface area contributed by atoms with Crippen molar-refractivity contribution in [2.45, 2.75) is 45.4 Å². The van der Waals surface area contributed by atoms with Crippen LogP contribution < -0.4 is 0 Å². The topological polar surface area (TPSA) is 49.8 Å². The lowest BCUT2D eigenvalue weighted by molar-refractivity contribution is -0.182. The maximum absolute atomic E-state index is 14.2. The zero-order chi connectivity index (χ0) is 15.8. The molecule has 0 saturated carbocycles. The standard InChI is InChI=1S/C16H22FNO3/c1-15(2)9-18(10-16(3,4)21-15)8-11-6-5-7-12(13(11)17)14(19)20/h5-7H,8-10H2,1-4H3,(H,19,20). The van der Waals surface area contributed by atoms with Gasteiger partial charge in [-0.05, 0) is 33.8 Å². The quantitative estimate of drug-likeness (QED) is 0.931. The third-order valence-electron chi connectivity index (χ3n) is 3.46. The van der Waals surface area contributed by atoms with E-state index in [0.29, 0.717) is 25.2 Å². The Balaban J connectivity index is 2.22. The highest BCUT2D eigenvalue weighted by Gasteiger charge is 2.38. The van der Waals surface area contributed by atoms with Crippen molar-refractivity contribution in [3.05, 3.63) is 35.1 Å². The van der Waals surface area contributed by atoms with Crippen LogP contribution in [0.5, 0.6) is 0 Å². The van der Waals surface area contributed by atoms with Gasteiger partial charge >= 0.3 is 5.97 Å². The van der Waals surface area contributed by atoms with E-state index in [0.717, 1.165) is 0 Å². The monoisotopic (exact) mass is 295 g/mol. The van der Waals surface area contributed by atoms with E-state index in [4.69, 9.17) is 9.84 Å². The number of carboxylic acids is 1. The number of carbonyl (C=O) groups is 1. The highest BCUT2D eigenvalue weighted by Crippen LogP contribution is 2.29. The Labute approximate surface area is 124 Å². The summed E-state index contributed by atoms with van der Waals surface area (Å²) in [4.78, 5) is 13.1. The Morgan fingerprint density at radius 1 is 1.29 bits per heavy atom. The van der Waals surface area contributed by atoms with Gasteiger partial charge in [-0.1, -0.05) is 12.1 Å². The van der Waals surface area contributed by atoms with Gasteiger partial charge in [-0.15, -0.1) is 0 Å². The largest absolute Gasteiger partial charge is 0.478 e. The first-order chi connectivity index (χ1) is 9.60. The summed E-state index contributed by atoms with van der Waals surface area (Å²) in [6.07, 6.45) is 0. The molecule has 5 heteroatoms. The minimum absolute atomic E-state index is 0.278. The van der Waals surface area contributed by atoms with Crippen molar-refractivity contribution in [2.24, 2.45) is 0 Å². The van der Waals surface area contributed by atoms with Crippen LogP contribution in [0.3, 0.4) is 0 Å². The van der Waals surface area contributed by atoms with Gasteiger partial charge in [0.2, 0.25) is 0 Å². The van der Waals surface area contributed by atoms with E-state index in [1.807, 2.05) is 27.7 Å². The number of hydrogen-bond donors (Lipinski definition) is 1. The molecule has 4 nitrogen and oxygen atoms in total. The molecule has 0 aromatic heterocycles. The molecule has 0 bridgehead atoms. The first-order valence-electron chi connectivity index (χ1n) is 7.03. The third kappa shape index (κ3) is 3.80. The molecule has 0 spiro atoms. The molecule has 21 heavy (non-hydrogen) atoms. The van der Waals surface area contributed by atoms with Crippen LogP contribution in [0, 0.1) is 5.82 Å². The second-order valence-corrected chi connectivity index (χ2v) is 6.85. The van der Waals surface area contributed by atoms with E-state index in [2.05, 4.69) is 4.90 Å². The first kappa shape index (κ1) is 15.9. The van der Waals surface area contributed by atoms with E-state index >= 15 is 0 Å². The average Bonchev–Trinajstić information content (AvgIpc) is 2.27. The van der Waals surface area contributed by atoms with Crippen LogP contribution in [0.2, 0.25) is 0 Å². The molecule has 2 rings (SSSR count). The normalized spacial score (nSPS) is 21.2. The molecule has 1 aromatic carbocycles. The smallest absolute Gasteiger partial charge is 0.338 e. The van der Waals surface area contributed by atoms with Crippen molar-refractivity contribution in [3.63, 3.8) is 0 Å². The number of hydrogen-bond acceptors (Lipinski definition) is 3. The molecule has 1 aromatic rings. The Kier molecular flexibility index (Phi) is 4.08. The Morgan fingerprint density at radius 3 is 2.38 bits per heavy atom. The summed E-state index contributed by atoms with van der Waals surface area (Å²) in [5, 5.41) is 8.99. The zero-order valence-corrected chi connectivity index (χ0v) is 12.9. The third-order valence-corrected chi connectivity index (χ3v) is 3.46. The fourth-order valence-electron chi connectivity index (χ4n) is 3.17.